The van der Waals surface area contributed by atoms with Crippen LogP contribution in [0.25, 0.3) is 0 Å². The maximum Gasteiger partial charge on any atom is 0.258 e. The number of benzene rings is 3. The zero-order valence-electron chi connectivity index (χ0n) is 21.8. The van der Waals surface area contributed by atoms with E-state index in [0.717, 1.165) is 11.3 Å². The third kappa shape index (κ3) is 5.60. The normalized spacial score (nSPS) is 16.4. The van der Waals surface area contributed by atoms with Gasteiger partial charge < -0.3 is 25.2 Å². The van der Waals surface area contributed by atoms with Gasteiger partial charge in [-0.05, 0) is 73.5 Å². The number of carbonyl (C=O) groups is 3. The molecular weight excluding hydrogens is 504 g/mol. The molecule has 1 aliphatic heterocycles. The van der Waals surface area contributed by atoms with Crippen molar-refractivity contribution in [1.82, 2.24) is 0 Å². The molecule has 2 atom stereocenters. The largest absolute Gasteiger partial charge is 0.484 e. The van der Waals surface area contributed by atoms with Crippen LogP contribution in [0.15, 0.2) is 66.7 Å². The first kappa shape index (κ1) is 27.0. The highest BCUT2D eigenvalue weighted by Crippen LogP contribution is 2.44. The van der Waals surface area contributed by atoms with E-state index in [9.17, 15) is 14.4 Å². The number of primary amides is 1. The van der Waals surface area contributed by atoms with Gasteiger partial charge in [-0.1, -0.05) is 17.7 Å². The van der Waals surface area contributed by atoms with E-state index in [4.69, 9.17) is 22.1 Å². The number of hydrogen-bond acceptors (Lipinski definition) is 5. The molecule has 0 aliphatic carbocycles. The highest BCUT2D eigenvalue weighted by Gasteiger charge is 2.38. The number of nitrogens with two attached hydrogens (primary N) is 1. The molecule has 0 saturated carbocycles. The van der Waals surface area contributed by atoms with Gasteiger partial charge in [0.25, 0.3) is 11.8 Å². The van der Waals surface area contributed by atoms with Crippen LogP contribution in [0.1, 0.15) is 42.2 Å². The maximum absolute atomic E-state index is 13.9. The van der Waals surface area contributed by atoms with Gasteiger partial charge >= 0.3 is 0 Å². The van der Waals surface area contributed by atoms with Crippen molar-refractivity contribution in [2.24, 2.45) is 5.73 Å². The lowest BCUT2D eigenvalue weighted by Gasteiger charge is -2.43. The minimum absolute atomic E-state index is 0.136. The number of hydrogen-bond donors (Lipinski definition) is 1. The predicted molar refractivity (Wildman–Crippen MR) is 150 cm³/mol. The second-order valence-electron chi connectivity index (χ2n) is 9.56. The van der Waals surface area contributed by atoms with Crippen molar-refractivity contribution in [1.29, 1.82) is 0 Å². The topological polar surface area (TPSA) is 96.2 Å². The molecular formula is C29H31ClN4O4. The number of nitrogens with zero attached hydrogens (tertiary/aromatic N) is 3. The van der Waals surface area contributed by atoms with Gasteiger partial charge in [0.2, 0.25) is 5.91 Å². The standard InChI is InChI=1S/C29H31ClN4O4/c1-18-15-26(34(19(2)35)23-11-7-21(30)8-12-23)25-14-13-24(38-17-28(31)36)16-27(25)33(18)29(37)20-5-9-22(10-6-20)32(3)4/h5-14,16,18,26H,15,17H2,1-4H3,(H2,31,36). The Morgan fingerprint density at radius 1 is 1.00 bits per heavy atom. The fourth-order valence-electron chi connectivity index (χ4n) is 4.83. The van der Waals surface area contributed by atoms with Crippen molar-refractivity contribution in [3.05, 3.63) is 82.9 Å². The average molecular weight is 535 g/mol. The van der Waals surface area contributed by atoms with Crippen LogP contribution in [-0.4, -0.2) is 44.5 Å². The lowest BCUT2D eigenvalue weighted by molar-refractivity contribution is -0.120. The molecule has 0 aromatic heterocycles. The summed E-state index contributed by atoms with van der Waals surface area (Å²) in [5, 5.41) is 0.572. The molecule has 0 saturated heterocycles. The summed E-state index contributed by atoms with van der Waals surface area (Å²) in [6.45, 7) is 3.19. The molecule has 3 aromatic carbocycles. The van der Waals surface area contributed by atoms with Gasteiger partial charge in [-0.3, -0.25) is 14.4 Å². The fraction of sp³-hybridized carbons (Fsp3) is 0.276. The summed E-state index contributed by atoms with van der Waals surface area (Å²) in [6, 6.07) is 19.2. The van der Waals surface area contributed by atoms with Gasteiger partial charge in [-0.25, -0.2) is 0 Å². The van der Waals surface area contributed by atoms with Crippen LogP contribution >= 0.6 is 11.6 Å². The number of halogens is 1. The molecule has 1 heterocycles. The summed E-state index contributed by atoms with van der Waals surface area (Å²) in [6.07, 6.45) is 0.512. The van der Waals surface area contributed by atoms with Crippen LogP contribution in [0.4, 0.5) is 17.1 Å². The van der Waals surface area contributed by atoms with E-state index in [-0.39, 0.29) is 30.5 Å². The smallest absolute Gasteiger partial charge is 0.258 e. The molecule has 1 aliphatic rings. The van der Waals surface area contributed by atoms with E-state index < -0.39 is 5.91 Å². The Morgan fingerprint density at radius 3 is 2.21 bits per heavy atom. The Hall–Kier alpha value is -4.04. The second-order valence-corrected chi connectivity index (χ2v) is 9.99. The molecule has 3 aromatic rings. The van der Waals surface area contributed by atoms with Crippen LogP contribution < -0.4 is 25.2 Å². The van der Waals surface area contributed by atoms with E-state index >= 15 is 0 Å². The third-order valence-corrected chi connectivity index (χ3v) is 6.86. The third-order valence-electron chi connectivity index (χ3n) is 6.61. The van der Waals surface area contributed by atoms with Crippen molar-refractivity contribution < 1.29 is 19.1 Å². The van der Waals surface area contributed by atoms with Gasteiger partial charge in [-0.2, -0.15) is 0 Å². The van der Waals surface area contributed by atoms with Crippen LogP contribution in [0.3, 0.4) is 0 Å². The lowest BCUT2D eigenvalue weighted by atomic mass is 9.89. The molecule has 4 rings (SSSR count). The maximum atomic E-state index is 13.9. The van der Waals surface area contributed by atoms with Crippen molar-refractivity contribution in [3.63, 3.8) is 0 Å². The lowest BCUT2D eigenvalue weighted by Crippen LogP contribution is -2.47. The first-order chi connectivity index (χ1) is 18.1. The summed E-state index contributed by atoms with van der Waals surface area (Å²) in [7, 11) is 3.88. The molecule has 9 heteroatoms. The Bertz CT molecular complexity index is 1340. The molecule has 0 radical (unpaired) electrons. The van der Waals surface area contributed by atoms with Crippen LogP contribution in [-0.2, 0) is 9.59 Å². The summed E-state index contributed by atoms with van der Waals surface area (Å²) >= 11 is 6.10. The van der Waals surface area contributed by atoms with Gasteiger partial charge in [0.05, 0.1) is 11.7 Å². The minimum Gasteiger partial charge on any atom is -0.484 e. The molecule has 2 N–H and O–H groups in total. The predicted octanol–water partition coefficient (Wildman–Crippen LogP) is 4.80. The molecule has 2 unspecified atom stereocenters. The highest BCUT2D eigenvalue weighted by molar-refractivity contribution is 6.30. The Labute approximate surface area is 227 Å². The first-order valence-electron chi connectivity index (χ1n) is 12.3. The molecule has 0 bridgehead atoms. The zero-order valence-corrected chi connectivity index (χ0v) is 22.6. The first-order valence-corrected chi connectivity index (χ1v) is 12.7. The summed E-state index contributed by atoms with van der Waals surface area (Å²) in [4.78, 5) is 43.5. The van der Waals surface area contributed by atoms with Crippen molar-refractivity contribution in [2.45, 2.75) is 32.4 Å². The number of carbonyl (C=O) groups excluding carboxylic acids is 3. The van der Waals surface area contributed by atoms with Gasteiger partial charge in [0.15, 0.2) is 6.61 Å². The average Bonchev–Trinajstić information content (AvgIpc) is 2.88. The number of ether oxygens (including phenoxy) is 1. The quantitative estimate of drug-likeness (QED) is 0.469. The monoisotopic (exact) mass is 534 g/mol. The Morgan fingerprint density at radius 2 is 1.63 bits per heavy atom. The highest BCUT2D eigenvalue weighted by atomic mass is 35.5. The molecule has 198 valence electrons. The fourth-order valence-corrected chi connectivity index (χ4v) is 4.96. The van der Waals surface area contributed by atoms with E-state index in [0.29, 0.717) is 34.1 Å². The van der Waals surface area contributed by atoms with Crippen LogP contribution in [0.2, 0.25) is 5.02 Å². The summed E-state index contributed by atoms with van der Waals surface area (Å²) in [5.41, 5.74) is 8.90. The van der Waals surface area contributed by atoms with Crippen LogP contribution in [0, 0.1) is 0 Å². The minimum atomic E-state index is -0.603. The number of amides is 3. The number of rotatable bonds is 7. The molecule has 0 spiro atoms. The molecule has 3 amide bonds. The summed E-state index contributed by atoms with van der Waals surface area (Å²) in [5.74, 6) is -0.510. The number of anilines is 3. The molecule has 38 heavy (non-hydrogen) atoms. The SMILES string of the molecule is CC(=O)N(c1ccc(Cl)cc1)C1CC(C)N(C(=O)c2ccc(N(C)C)cc2)c2cc(OCC(N)=O)ccc21. The Kier molecular flexibility index (Phi) is 7.92. The Balaban J connectivity index is 1.80. The summed E-state index contributed by atoms with van der Waals surface area (Å²) < 4.78 is 5.57. The van der Waals surface area contributed by atoms with E-state index in [1.54, 1.807) is 46.2 Å². The number of fused-ring (bicyclic) bond motifs is 1. The van der Waals surface area contributed by atoms with Gasteiger partial charge in [-0.15, -0.1) is 0 Å². The van der Waals surface area contributed by atoms with Gasteiger partial charge in [0.1, 0.15) is 5.75 Å². The van der Waals surface area contributed by atoms with E-state index in [2.05, 4.69) is 0 Å². The van der Waals surface area contributed by atoms with E-state index in [1.165, 1.54) is 6.92 Å². The van der Waals surface area contributed by atoms with Crippen molar-refractivity contribution in [3.8, 4) is 5.75 Å². The van der Waals surface area contributed by atoms with Gasteiger partial charge in [0, 0.05) is 55.1 Å². The van der Waals surface area contributed by atoms with Crippen LogP contribution in [0.5, 0.6) is 5.75 Å². The van der Waals surface area contributed by atoms with Crippen molar-refractivity contribution in [2.75, 3.05) is 35.4 Å². The molecule has 8 nitrogen and oxygen atoms in total. The van der Waals surface area contributed by atoms with Crippen molar-refractivity contribution >= 4 is 46.4 Å². The second kappa shape index (κ2) is 11.1. The molecule has 0 fully saturated rings. The van der Waals surface area contributed by atoms with E-state index in [1.807, 2.05) is 56.3 Å². The zero-order chi connectivity index (χ0) is 27.6.